The lowest BCUT2D eigenvalue weighted by atomic mass is 9.96. The van der Waals surface area contributed by atoms with Gasteiger partial charge in [-0.3, -0.25) is 4.90 Å². The van der Waals surface area contributed by atoms with E-state index in [9.17, 15) is 13.2 Å². The quantitative estimate of drug-likeness (QED) is 0.895. The fourth-order valence-corrected chi connectivity index (χ4v) is 2.80. The lowest BCUT2D eigenvalue weighted by Gasteiger charge is -2.32. The highest BCUT2D eigenvalue weighted by molar-refractivity contribution is 5.25. The number of likely N-dealkylation sites (tertiary alicyclic amines) is 1. The standard InChI is InChI=1S/C16H23F3N2/c1-2-20-11-13-6-8-21(9-7-13)12-14-4-3-5-15(10-14)16(17,18)19/h3-5,10,13,20H,2,6-9,11-12H2,1H3. The Morgan fingerprint density at radius 1 is 1.24 bits per heavy atom. The maximum absolute atomic E-state index is 12.7. The Hall–Kier alpha value is -1.07. The first-order chi connectivity index (χ1) is 9.99. The number of piperidine rings is 1. The Labute approximate surface area is 124 Å². The van der Waals surface area contributed by atoms with Gasteiger partial charge in [-0.15, -0.1) is 0 Å². The van der Waals surface area contributed by atoms with Crippen molar-refractivity contribution in [2.75, 3.05) is 26.2 Å². The zero-order valence-electron chi connectivity index (χ0n) is 12.4. The third-order valence-corrected chi connectivity index (χ3v) is 4.05. The van der Waals surface area contributed by atoms with Gasteiger partial charge in [-0.1, -0.05) is 25.1 Å². The summed E-state index contributed by atoms with van der Waals surface area (Å²) in [4.78, 5) is 2.25. The van der Waals surface area contributed by atoms with Crippen molar-refractivity contribution in [3.05, 3.63) is 35.4 Å². The van der Waals surface area contributed by atoms with Crippen molar-refractivity contribution in [3.8, 4) is 0 Å². The number of rotatable bonds is 5. The van der Waals surface area contributed by atoms with Gasteiger partial charge in [0.15, 0.2) is 0 Å². The van der Waals surface area contributed by atoms with Crippen LogP contribution in [-0.4, -0.2) is 31.1 Å². The maximum atomic E-state index is 12.7. The highest BCUT2D eigenvalue weighted by Gasteiger charge is 2.30. The second-order valence-electron chi connectivity index (χ2n) is 5.73. The van der Waals surface area contributed by atoms with Gasteiger partial charge in [0.1, 0.15) is 0 Å². The molecular formula is C16H23F3N2. The van der Waals surface area contributed by atoms with E-state index in [1.54, 1.807) is 6.07 Å². The molecule has 118 valence electrons. The summed E-state index contributed by atoms with van der Waals surface area (Å²) in [6, 6.07) is 5.67. The molecule has 1 heterocycles. The van der Waals surface area contributed by atoms with E-state index >= 15 is 0 Å². The Morgan fingerprint density at radius 2 is 1.95 bits per heavy atom. The van der Waals surface area contributed by atoms with Crippen LogP contribution in [0, 0.1) is 5.92 Å². The molecule has 0 spiro atoms. The van der Waals surface area contributed by atoms with Crippen LogP contribution in [0.5, 0.6) is 0 Å². The largest absolute Gasteiger partial charge is 0.416 e. The third-order valence-electron chi connectivity index (χ3n) is 4.05. The van der Waals surface area contributed by atoms with Gasteiger partial charge in [0.2, 0.25) is 0 Å². The Bertz CT molecular complexity index is 437. The van der Waals surface area contributed by atoms with Gasteiger partial charge in [-0.05, 0) is 56.6 Å². The van der Waals surface area contributed by atoms with Gasteiger partial charge in [0.05, 0.1) is 5.56 Å². The normalized spacial score (nSPS) is 18.1. The van der Waals surface area contributed by atoms with Gasteiger partial charge in [0, 0.05) is 6.54 Å². The molecule has 1 aliphatic rings. The Balaban J connectivity index is 1.86. The van der Waals surface area contributed by atoms with E-state index in [2.05, 4.69) is 17.1 Å². The molecule has 0 atom stereocenters. The molecule has 1 fully saturated rings. The van der Waals surface area contributed by atoms with E-state index < -0.39 is 11.7 Å². The minimum absolute atomic E-state index is 0.554. The summed E-state index contributed by atoms with van der Waals surface area (Å²) in [5, 5.41) is 3.36. The second-order valence-corrected chi connectivity index (χ2v) is 5.73. The third kappa shape index (κ3) is 5.00. The van der Waals surface area contributed by atoms with Crippen LogP contribution in [0.25, 0.3) is 0 Å². The first-order valence-corrected chi connectivity index (χ1v) is 7.58. The highest BCUT2D eigenvalue weighted by atomic mass is 19.4. The van der Waals surface area contributed by atoms with Gasteiger partial charge >= 0.3 is 6.18 Å². The molecule has 0 amide bonds. The van der Waals surface area contributed by atoms with Crippen LogP contribution in [0.1, 0.15) is 30.9 Å². The molecule has 0 aliphatic carbocycles. The number of hydrogen-bond donors (Lipinski definition) is 1. The van der Waals surface area contributed by atoms with Crippen LogP contribution in [0.2, 0.25) is 0 Å². The number of halogens is 3. The summed E-state index contributed by atoms with van der Waals surface area (Å²) in [5.41, 5.74) is 0.192. The Kier molecular flexibility index (Phi) is 5.65. The molecule has 0 saturated carbocycles. The number of hydrogen-bond acceptors (Lipinski definition) is 2. The van der Waals surface area contributed by atoms with Gasteiger partial charge in [-0.2, -0.15) is 13.2 Å². The molecule has 0 bridgehead atoms. The van der Waals surface area contributed by atoms with E-state index in [4.69, 9.17) is 0 Å². The van der Waals surface area contributed by atoms with Crippen molar-refractivity contribution in [2.45, 2.75) is 32.5 Å². The number of nitrogens with zero attached hydrogens (tertiary/aromatic N) is 1. The topological polar surface area (TPSA) is 15.3 Å². The summed E-state index contributed by atoms with van der Waals surface area (Å²) in [6.07, 6.45) is -2.02. The van der Waals surface area contributed by atoms with E-state index in [1.165, 1.54) is 12.1 Å². The van der Waals surface area contributed by atoms with Gasteiger partial charge in [-0.25, -0.2) is 0 Å². The van der Waals surface area contributed by atoms with Crippen molar-refractivity contribution in [3.63, 3.8) is 0 Å². The van der Waals surface area contributed by atoms with Gasteiger partial charge < -0.3 is 5.32 Å². The maximum Gasteiger partial charge on any atom is 0.416 e. The number of benzene rings is 1. The van der Waals surface area contributed by atoms with E-state index in [-0.39, 0.29) is 0 Å². The molecule has 1 aliphatic heterocycles. The molecule has 2 nitrogen and oxygen atoms in total. The molecule has 0 radical (unpaired) electrons. The Morgan fingerprint density at radius 3 is 2.57 bits per heavy atom. The van der Waals surface area contributed by atoms with Crippen molar-refractivity contribution in [2.24, 2.45) is 5.92 Å². The van der Waals surface area contributed by atoms with Crippen LogP contribution < -0.4 is 5.32 Å². The monoisotopic (exact) mass is 300 g/mol. The van der Waals surface area contributed by atoms with Crippen LogP contribution in [0.15, 0.2) is 24.3 Å². The molecule has 1 saturated heterocycles. The number of alkyl halides is 3. The van der Waals surface area contributed by atoms with Crippen molar-refractivity contribution in [1.29, 1.82) is 0 Å². The van der Waals surface area contributed by atoms with Crippen LogP contribution >= 0.6 is 0 Å². The average Bonchev–Trinajstić information content (AvgIpc) is 2.46. The number of nitrogens with one attached hydrogen (secondary N) is 1. The predicted molar refractivity (Wildman–Crippen MR) is 78.0 cm³/mol. The van der Waals surface area contributed by atoms with E-state index in [1.807, 2.05) is 0 Å². The first kappa shape index (κ1) is 16.3. The lowest BCUT2D eigenvalue weighted by Crippen LogP contribution is -2.36. The van der Waals surface area contributed by atoms with E-state index in [0.29, 0.717) is 12.5 Å². The fraction of sp³-hybridized carbons (Fsp3) is 0.625. The van der Waals surface area contributed by atoms with Crippen molar-refractivity contribution in [1.82, 2.24) is 10.2 Å². The highest BCUT2D eigenvalue weighted by Crippen LogP contribution is 2.30. The summed E-state index contributed by atoms with van der Waals surface area (Å²) in [6.45, 7) is 6.68. The SMILES string of the molecule is CCNCC1CCN(Cc2cccc(C(F)(F)F)c2)CC1. The van der Waals surface area contributed by atoms with Crippen LogP contribution in [-0.2, 0) is 12.7 Å². The molecule has 0 unspecified atom stereocenters. The molecule has 1 N–H and O–H groups in total. The minimum Gasteiger partial charge on any atom is -0.317 e. The average molecular weight is 300 g/mol. The molecule has 0 aromatic heterocycles. The minimum atomic E-state index is -4.26. The zero-order valence-corrected chi connectivity index (χ0v) is 12.4. The smallest absolute Gasteiger partial charge is 0.317 e. The van der Waals surface area contributed by atoms with E-state index in [0.717, 1.165) is 50.7 Å². The van der Waals surface area contributed by atoms with Crippen LogP contribution in [0.4, 0.5) is 13.2 Å². The lowest BCUT2D eigenvalue weighted by molar-refractivity contribution is -0.137. The van der Waals surface area contributed by atoms with Crippen molar-refractivity contribution < 1.29 is 13.2 Å². The summed E-state index contributed by atoms with van der Waals surface area (Å²) >= 11 is 0. The molecule has 5 heteroatoms. The van der Waals surface area contributed by atoms with Gasteiger partial charge in [0.25, 0.3) is 0 Å². The van der Waals surface area contributed by atoms with Crippen molar-refractivity contribution >= 4 is 0 Å². The van der Waals surface area contributed by atoms with Crippen LogP contribution in [0.3, 0.4) is 0 Å². The zero-order chi connectivity index (χ0) is 15.3. The first-order valence-electron chi connectivity index (χ1n) is 7.58. The molecule has 2 rings (SSSR count). The second kappa shape index (κ2) is 7.27. The molecular weight excluding hydrogens is 277 g/mol. The summed E-state index contributed by atoms with van der Waals surface area (Å²) < 4.78 is 38.1. The molecule has 21 heavy (non-hydrogen) atoms. The molecule has 1 aromatic carbocycles. The summed E-state index contributed by atoms with van der Waals surface area (Å²) in [5.74, 6) is 0.697. The fourth-order valence-electron chi connectivity index (χ4n) is 2.80. The molecule has 1 aromatic rings. The predicted octanol–water partition coefficient (Wildman–Crippen LogP) is 3.53. The summed E-state index contributed by atoms with van der Waals surface area (Å²) in [7, 11) is 0.